The average Bonchev–Trinajstić information content (AvgIpc) is 2.41. The lowest BCUT2D eigenvalue weighted by Crippen LogP contribution is -2.27. The second kappa shape index (κ2) is 7.21. The van der Waals surface area contributed by atoms with E-state index < -0.39 is 4.92 Å². The van der Waals surface area contributed by atoms with Gasteiger partial charge >= 0.3 is 0 Å². The van der Waals surface area contributed by atoms with Crippen LogP contribution >= 0.6 is 0 Å². The molecule has 0 saturated carbocycles. The van der Waals surface area contributed by atoms with E-state index in [1.54, 1.807) is 6.07 Å². The summed E-state index contributed by atoms with van der Waals surface area (Å²) < 4.78 is 0. The molecule has 110 valence electrons. The number of nitrogen functional groups attached to an aromatic ring is 1. The molecule has 1 heterocycles. The summed E-state index contributed by atoms with van der Waals surface area (Å²) in [5, 5.41) is 11.0. The van der Waals surface area contributed by atoms with Gasteiger partial charge in [0.05, 0.1) is 4.92 Å². The summed E-state index contributed by atoms with van der Waals surface area (Å²) >= 11 is 0. The summed E-state index contributed by atoms with van der Waals surface area (Å²) in [5.41, 5.74) is 3.85. The summed E-state index contributed by atoms with van der Waals surface area (Å²) in [6.07, 6.45) is 6.25. The van der Waals surface area contributed by atoms with Crippen LogP contribution in [0.2, 0.25) is 0 Å². The molecule has 0 aromatic heterocycles. The van der Waals surface area contributed by atoms with E-state index >= 15 is 0 Å². The highest BCUT2D eigenvalue weighted by Gasteiger charge is 2.18. The van der Waals surface area contributed by atoms with E-state index in [1.165, 1.54) is 38.2 Å². The van der Waals surface area contributed by atoms with Crippen molar-refractivity contribution in [3.05, 3.63) is 33.9 Å². The molecule has 0 unspecified atom stereocenters. The maximum absolute atomic E-state index is 11.0. The molecule has 1 aromatic rings. The number of anilines is 1. The number of hydrogen-bond acceptors (Lipinski definition) is 5. The van der Waals surface area contributed by atoms with Crippen molar-refractivity contribution in [2.75, 3.05) is 18.5 Å². The Bertz CT molecular complexity index is 456. The number of rotatable bonds is 4. The van der Waals surface area contributed by atoms with Gasteiger partial charge in [0.15, 0.2) is 0 Å². The molecule has 2 rings (SSSR count). The van der Waals surface area contributed by atoms with Gasteiger partial charge < -0.3 is 5.43 Å². The van der Waals surface area contributed by atoms with E-state index in [9.17, 15) is 10.1 Å². The van der Waals surface area contributed by atoms with Crippen molar-refractivity contribution in [2.24, 2.45) is 5.84 Å². The van der Waals surface area contributed by atoms with Gasteiger partial charge in [-0.2, -0.15) is 0 Å². The van der Waals surface area contributed by atoms with E-state index in [-0.39, 0.29) is 5.69 Å². The van der Waals surface area contributed by atoms with Crippen molar-refractivity contribution in [3.63, 3.8) is 0 Å². The maximum atomic E-state index is 11.0. The highest BCUT2D eigenvalue weighted by molar-refractivity contribution is 5.65. The SMILES string of the molecule is NNc1c(CN2CCCCCCC2)cccc1[N+](=O)[O-]. The number of nitrogens with one attached hydrogen (secondary N) is 1. The highest BCUT2D eigenvalue weighted by atomic mass is 16.6. The topological polar surface area (TPSA) is 84.4 Å². The monoisotopic (exact) mass is 278 g/mol. The average molecular weight is 278 g/mol. The van der Waals surface area contributed by atoms with E-state index in [4.69, 9.17) is 5.84 Å². The molecule has 0 bridgehead atoms. The largest absolute Gasteiger partial charge is 0.318 e. The van der Waals surface area contributed by atoms with E-state index in [2.05, 4.69) is 10.3 Å². The molecule has 0 aliphatic carbocycles. The third-order valence-electron chi connectivity index (χ3n) is 3.81. The van der Waals surface area contributed by atoms with Crippen LogP contribution in [0.4, 0.5) is 11.4 Å². The van der Waals surface area contributed by atoms with Gasteiger partial charge in [-0.1, -0.05) is 31.4 Å². The van der Waals surface area contributed by atoms with Gasteiger partial charge in [-0.15, -0.1) is 0 Å². The number of nitro groups is 1. The van der Waals surface area contributed by atoms with Crippen LogP contribution < -0.4 is 11.3 Å². The first-order chi connectivity index (χ1) is 9.72. The molecule has 1 aliphatic heterocycles. The van der Waals surface area contributed by atoms with Gasteiger partial charge in [-0.05, 0) is 31.5 Å². The zero-order valence-electron chi connectivity index (χ0n) is 11.7. The Kier molecular flexibility index (Phi) is 5.31. The standard InChI is InChI=1S/C14H22N4O2/c15-16-14-12(7-6-8-13(14)18(19)20)11-17-9-4-2-1-3-5-10-17/h6-8,16H,1-5,9-11,15H2. The van der Waals surface area contributed by atoms with Gasteiger partial charge in [0.25, 0.3) is 5.69 Å². The van der Waals surface area contributed by atoms with Crippen molar-refractivity contribution in [1.29, 1.82) is 0 Å². The second-order valence-corrected chi connectivity index (χ2v) is 5.26. The highest BCUT2D eigenvalue weighted by Crippen LogP contribution is 2.28. The van der Waals surface area contributed by atoms with Crippen LogP contribution in [0.1, 0.15) is 37.7 Å². The number of para-hydroxylation sites is 1. The van der Waals surface area contributed by atoms with Crippen LogP contribution in [0.3, 0.4) is 0 Å². The van der Waals surface area contributed by atoms with Crippen molar-refractivity contribution in [3.8, 4) is 0 Å². The van der Waals surface area contributed by atoms with Crippen LogP contribution in [0, 0.1) is 10.1 Å². The number of nitrogens with two attached hydrogens (primary N) is 1. The fraction of sp³-hybridized carbons (Fsp3) is 0.571. The van der Waals surface area contributed by atoms with Gasteiger partial charge in [0, 0.05) is 12.6 Å². The first-order valence-corrected chi connectivity index (χ1v) is 7.17. The fourth-order valence-corrected chi connectivity index (χ4v) is 2.75. The van der Waals surface area contributed by atoms with Gasteiger partial charge in [-0.3, -0.25) is 20.9 Å². The first-order valence-electron chi connectivity index (χ1n) is 7.17. The minimum absolute atomic E-state index is 0.0389. The Morgan fingerprint density at radius 3 is 2.45 bits per heavy atom. The van der Waals surface area contributed by atoms with Gasteiger partial charge in [0.1, 0.15) is 5.69 Å². The third kappa shape index (κ3) is 3.68. The molecule has 1 saturated heterocycles. The summed E-state index contributed by atoms with van der Waals surface area (Å²) in [6.45, 7) is 2.81. The molecule has 1 aliphatic rings. The Hall–Kier alpha value is -1.66. The van der Waals surface area contributed by atoms with Crippen LogP contribution in [-0.4, -0.2) is 22.9 Å². The lowest BCUT2D eigenvalue weighted by atomic mass is 10.1. The van der Waals surface area contributed by atoms with Crippen molar-refractivity contribution < 1.29 is 4.92 Å². The van der Waals surface area contributed by atoms with Crippen LogP contribution in [0.25, 0.3) is 0 Å². The molecule has 3 N–H and O–H groups in total. The number of hydrazine groups is 1. The van der Waals surface area contributed by atoms with Crippen molar-refractivity contribution in [1.82, 2.24) is 4.90 Å². The lowest BCUT2D eigenvalue weighted by molar-refractivity contribution is -0.384. The molecule has 0 atom stereocenters. The molecule has 0 radical (unpaired) electrons. The quantitative estimate of drug-likeness (QED) is 0.502. The zero-order valence-corrected chi connectivity index (χ0v) is 11.7. The molecule has 1 aromatic carbocycles. The Morgan fingerprint density at radius 1 is 1.20 bits per heavy atom. The molecular weight excluding hydrogens is 256 g/mol. The molecule has 0 amide bonds. The number of hydrogen-bond donors (Lipinski definition) is 2. The van der Waals surface area contributed by atoms with Gasteiger partial charge in [-0.25, -0.2) is 0 Å². The number of nitrogens with zero attached hydrogens (tertiary/aromatic N) is 2. The molecule has 0 spiro atoms. The third-order valence-corrected chi connectivity index (χ3v) is 3.81. The summed E-state index contributed by atoms with van der Waals surface area (Å²) in [4.78, 5) is 13.0. The number of nitro benzene ring substituents is 1. The first kappa shape index (κ1) is 14.7. The van der Waals surface area contributed by atoms with Crippen LogP contribution in [0.5, 0.6) is 0 Å². The minimum Gasteiger partial charge on any atom is -0.318 e. The molecule has 20 heavy (non-hydrogen) atoms. The molecular formula is C14H22N4O2. The fourth-order valence-electron chi connectivity index (χ4n) is 2.75. The van der Waals surface area contributed by atoms with Crippen molar-refractivity contribution >= 4 is 11.4 Å². The number of benzene rings is 1. The maximum Gasteiger partial charge on any atom is 0.293 e. The smallest absolute Gasteiger partial charge is 0.293 e. The predicted octanol–water partition coefficient (Wildman–Crippen LogP) is 2.65. The number of likely N-dealkylation sites (tertiary alicyclic amines) is 1. The molecule has 6 nitrogen and oxygen atoms in total. The van der Waals surface area contributed by atoms with Gasteiger partial charge in [0.2, 0.25) is 0 Å². The predicted molar refractivity (Wildman–Crippen MR) is 79.3 cm³/mol. The zero-order chi connectivity index (χ0) is 14.4. The van der Waals surface area contributed by atoms with E-state index in [0.717, 1.165) is 18.7 Å². The summed E-state index contributed by atoms with van der Waals surface area (Å²) in [7, 11) is 0. The van der Waals surface area contributed by atoms with Crippen molar-refractivity contribution in [2.45, 2.75) is 38.6 Å². The molecule has 1 fully saturated rings. The molecule has 6 heteroatoms. The normalized spacial score (nSPS) is 17.2. The lowest BCUT2D eigenvalue weighted by Gasteiger charge is -2.25. The summed E-state index contributed by atoms with van der Waals surface area (Å²) in [6, 6.07) is 5.10. The van der Waals surface area contributed by atoms with Crippen LogP contribution in [0.15, 0.2) is 18.2 Å². The Labute approximate surface area is 119 Å². The second-order valence-electron chi connectivity index (χ2n) is 5.26. The Balaban J connectivity index is 2.15. The van der Waals surface area contributed by atoms with E-state index in [0.29, 0.717) is 12.2 Å². The minimum atomic E-state index is -0.397. The summed E-state index contributed by atoms with van der Waals surface area (Å²) in [5.74, 6) is 5.48. The van der Waals surface area contributed by atoms with E-state index in [1.807, 2.05) is 6.07 Å². The van der Waals surface area contributed by atoms with Crippen LogP contribution in [-0.2, 0) is 6.54 Å². The Morgan fingerprint density at radius 2 is 1.85 bits per heavy atom.